The Balaban J connectivity index is 1.96. The number of aromatic nitrogens is 1. The second-order valence-electron chi connectivity index (χ2n) is 7.68. The van der Waals surface area contributed by atoms with Gasteiger partial charge in [0.15, 0.2) is 0 Å². The van der Waals surface area contributed by atoms with E-state index in [0.717, 1.165) is 18.4 Å². The van der Waals surface area contributed by atoms with Crippen LogP contribution in [0.25, 0.3) is 11.1 Å². The predicted octanol–water partition coefficient (Wildman–Crippen LogP) is 5.31. The molecule has 0 bridgehead atoms. The van der Waals surface area contributed by atoms with E-state index in [2.05, 4.69) is 10.3 Å². The third kappa shape index (κ3) is 5.31. The summed E-state index contributed by atoms with van der Waals surface area (Å²) in [5.41, 5.74) is 0.478. The van der Waals surface area contributed by atoms with Crippen molar-refractivity contribution in [1.29, 1.82) is 0 Å². The number of halogens is 2. The van der Waals surface area contributed by atoms with Crippen LogP contribution in [0.15, 0.2) is 30.5 Å². The van der Waals surface area contributed by atoms with Crippen LogP contribution in [0.1, 0.15) is 50.0 Å². The highest BCUT2D eigenvalue weighted by Gasteiger charge is 2.38. The Labute approximate surface area is 192 Å². The first kappa shape index (κ1) is 23.4. The van der Waals surface area contributed by atoms with E-state index in [1.807, 2.05) is 19.9 Å². The van der Waals surface area contributed by atoms with Gasteiger partial charge in [0.25, 0.3) is 5.91 Å². The molecule has 0 unspecified atom stereocenters. The van der Waals surface area contributed by atoms with Crippen LogP contribution < -0.4 is 10.1 Å². The molecule has 31 heavy (non-hydrogen) atoms. The first-order valence-electron chi connectivity index (χ1n) is 10.3. The molecule has 1 aromatic carbocycles. The van der Waals surface area contributed by atoms with Crippen LogP contribution in [-0.2, 0) is 9.53 Å². The summed E-state index contributed by atoms with van der Waals surface area (Å²) in [5.74, 6) is 0.163. The summed E-state index contributed by atoms with van der Waals surface area (Å²) >= 11 is 12.3. The van der Waals surface area contributed by atoms with Crippen LogP contribution in [-0.4, -0.2) is 36.1 Å². The average Bonchev–Trinajstić information content (AvgIpc) is 3.61. The van der Waals surface area contributed by atoms with Crippen molar-refractivity contribution < 1.29 is 19.1 Å². The average molecular weight is 465 g/mol. The molecule has 2 aromatic rings. The molecule has 1 aliphatic rings. The SMILES string of the molecule is CCC(CC)(NC(=O)c1cc(-c2ccc(Cl)c(Cl)c2)c(OCC2CC2)cn1)C(=O)OC. The number of esters is 1. The quantitative estimate of drug-likeness (QED) is 0.508. The maximum Gasteiger partial charge on any atom is 0.331 e. The molecular weight excluding hydrogens is 439 g/mol. The zero-order valence-electron chi connectivity index (χ0n) is 17.8. The number of hydrogen-bond acceptors (Lipinski definition) is 5. The van der Waals surface area contributed by atoms with E-state index in [0.29, 0.717) is 46.7 Å². The van der Waals surface area contributed by atoms with Gasteiger partial charge in [-0.3, -0.25) is 4.79 Å². The van der Waals surface area contributed by atoms with Crippen molar-refractivity contribution in [2.24, 2.45) is 5.92 Å². The first-order valence-corrected chi connectivity index (χ1v) is 11.1. The number of carbonyl (C=O) groups is 2. The number of carbonyl (C=O) groups excluding carboxylic acids is 2. The van der Waals surface area contributed by atoms with Gasteiger partial charge in [0, 0.05) is 5.56 Å². The summed E-state index contributed by atoms with van der Waals surface area (Å²) in [5, 5.41) is 3.65. The molecule has 0 spiro atoms. The summed E-state index contributed by atoms with van der Waals surface area (Å²) in [6.45, 7) is 4.24. The topological polar surface area (TPSA) is 77.5 Å². The van der Waals surface area contributed by atoms with Gasteiger partial charge in [0.05, 0.1) is 30.0 Å². The Morgan fingerprint density at radius 1 is 1.16 bits per heavy atom. The normalized spacial score (nSPS) is 13.6. The number of ether oxygens (including phenoxy) is 2. The molecule has 1 fully saturated rings. The maximum absolute atomic E-state index is 13.0. The molecule has 1 aromatic heterocycles. The van der Waals surface area contributed by atoms with Crippen LogP contribution in [0.5, 0.6) is 5.75 Å². The number of nitrogens with one attached hydrogen (secondary N) is 1. The molecule has 0 saturated heterocycles. The van der Waals surface area contributed by atoms with Crippen LogP contribution in [0.3, 0.4) is 0 Å². The molecular formula is C23H26Cl2N2O4. The minimum atomic E-state index is -1.11. The second kappa shape index (κ2) is 9.88. The monoisotopic (exact) mass is 464 g/mol. The van der Waals surface area contributed by atoms with Gasteiger partial charge in [-0.1, -0.05) is 43.1 Å². The summed E-state index contributed by atoms with van der Waals surface area (Å²) in [6.07, 6.45) is 4.63. The Hall–Kier alpha value is -2.31. The lowest BCUT2D eigenvalue weighted by molar-refractivity contribution is -0.148. The van der Waals surface area contributed by atoms with Crippen LogP contribution in [0.2, 0.25) is 10.0 Å². The molecule has 1 heterocycles. The van der Waals surface area contributed by atoms with E-state index in [-0.39, 0.29) is 5.69 Å². The molecule has 0 radical (unpaired) electrons. The zero-order valence-corrected chi connectivity index (χ0v) is 19.3. The van der Waals surface area contributed by atoms with Gasteiger partial charge in [-0.15, -0.1) is 0 Å². The lowest BCUT2D eigenvalue weighted by Gasteiger charge is -2.29. The summed E-state index contributed by atoms with van der Waals surface area (Å²) < 4.78 is 10.9. The minimum Gasteiger partial charge on any atom is -0.491 e. The van der Waals surface area contributed by atoms with Crippen LogP contribution in [0, 0.1) is 5.92 Å². The van der Waals surface area contributed by atoms with Crippen LogP contribution in [0.4, 0.5) is 0 Å². The number of methoxy groups -OCH3 is 1. The van der Waals surface area contributed by atoms with Gasteiger partial charge in [-0.2, -0.15) is 0 Å². The largest absolute Gasteiger partial charge is 0.491 e. The Morgan fingerprint density at radius 3 is 2.45 bits per heavy atom. The lowest BCUT2D eigenvalue weighted by atomic mass is 9.92. The van der Waals surface area contributed by atoms with E-state index in [1.165, 1.54) is 13.3 Å². The number of nitrogens with zero attached hydrogens (tertiary/aromatic N) is 1. The van der Waals surface area contributed by atoms with Gasteiger partial charge in [-0.05, 0) is 55.4 Å². The molecule has 6 nitrogen and oxygen atoms in total. The lowest BCUT2D eigenvalue weighted by Crippen LogP contribution is -2.54. The molecule has 1 amide bonds. The molecule has 1 N–H and O–H groups in total. The number of rotatable bonds is 9. The number of hydrogen-bond donors (Lipinski definition) is 1. The molecule has 3 rings (SSSR count). The van der Waals surface area contributed by atoms with E-state index in [9.17, 15) is 9.59 Å². The van der Waals surface area contributed by atoms with E-state index < -0.39 is 17.4 Å². The molecule has 1 saturated carbocycles. The summed E-state index contributed by atoms with van der Waals surface area (Å²) in [7, 11) is 1.31. The van der Waals surface area contributed by atoms with E-state index in [4.69, 9.17) is 32.7 Å². The van der Waals surface area contributed by atoms with E-state index >= 15 is 0 Å². The minimum absolute atomic E-state index is 0.162. The Bertz CT molecular complexity index is 972. The van der Waals surface area contributed by atoms with Gasteiger partial charge < -0.3 is 14.8 Å². The molecule has 0 atom stereocenters. The standard InChI is InChI=1S/C23H26Cl2N2O4/c1-4-23(5-2,22(29)30-3)27-21(28)19-11-16(15-8-9-17(24)18(25)10-15)20(12-26-19)31-13-14-6-7-14/h8-12,14H,4-7,13H2,1-3H3,(H,27,28). The second-order valence-corrected chi connectivity index (χ2v) is 8.50. The van der Waals surface area contributed by atoms with Gasteiger partial charge in [0.2, 0.25) is 0 Å². The van der Waals surface area contributed by atoms with Crippen molar-refractivity contribution in [3.05, 3.63) is 46.2 Å². The van der Waals surface area contributed by atoms with Crippen molar-refractivity contribution in [3.63, 3.8) is 0 Å². The molecule has 166 valence electrons. The Morgan fingerprint density at radius 2 is 1.87 bits per heavy atom. The van der Waals surface area contributed by atoms with Crippen LogP contribution >= 0.6 is 23.2 Å². The number of amides is 1. The number of benzene rings is 1. The van der Waals surface area contributed by atoms with Crippen molar-refractivity contribution in [2.75, 3.05) is 13.7 Å². The van der Waals surface area contributed by atoms with Crippen molar-refractivity contribution in [2.45, 2.75) is 45.1 Å². The summed E-state index contributed by atoms with van der Waals surface area (Å²) in [4.78, 5) is 29.6. The van der Waals surface area contributed by atoms with Gasteiger partial charge >= 0.3 is 5.97 Å². The Kier molecular flexibility index (Phi) is 7.44. The predicted molar refractivity (Wildman–Crippen MR) is 121 cm³/mol. The molecule has 0 aliphatic heterocycles. The van der Waals surface area contributed by atoms with Crippen molar-refractivity contribution in [1.82, 2.24) is 10.3 Å². The third-order valence-electron chi connectivity index (χ3n) is 5.64. The fraction of sp³-hybridized carbons (Fsp3) is 0.435. The highest BCUT2D eigenvalue weighted by atomic mass is 35.5. The summed E-state index contributed by atoms with van der Waals surface area (Å²) in [6, 6.07) is 6.87. The first-order chi connectivity index (χ1) is 14.8. The maximum atomic E-state index is 13.0. The highest BCUT2D eigenvalue weighted by molar-refractivity contribution is 6.42. The molecule has 1 aliphatic carbocycles. The van der Waals surface area contributed by atoms with E-state index in [1.54, 1.807) is 18.2 Å². The molecule has 8 heteroatoms. The van der Waals surface area contributed by atoms with Gasteiger partial charge in [-0.25, -0.2) is 9.78 Å². The number of pyridine rings is 1. The fourth-order valence-electron chi connectivity index (χ4n) is 3.31. The highest BCUT2D eigenvalue weighted by Crippen LogP contribution is 2.36. The third-order valence-corrected chi connectivity index (χ3v) is 6.38. The zero-order chi connectivity index (χ0) is 22.6. The van der Waals surface area contributed by atoms with Gasteiger partial charge in [0.1, 0.15) is 17.0 Å². The fourth-order valence-corrected chi connectivity index (χ4v) is 3.60. The van der Waals surface area contributed by atoms with Crippen molar-refractivity contribution in [3.8, 4) is 16.9 Å². The van der Waals surface area contributed by atoms with Crippen molar-refractivity contribution >= 4 is 35.1 Å². The smallest absolute Gasteiger partial charge is 0.331 e.